The van der Waals surface area contributed by atoms with E-state index in [-0.39, 0.29) is 18.0 Å². The number of hydrogen-bond acceptors (Lipinski definition) is 6. The SMILES string of the molecule is N#Cc1c(NC(=O)Cn2cnc3scc(-c4ccc5c(c4)CCCC5)c3c2=O)sc2c1CCC2. The van der Waals surface area contributed by atoms with Gasteiger partial charge in [-0.3, -0.25) is 14.2 Å². The summed E-state index contributed by atoms with van der Waals surface area (Å²) in [6.07, 6.45) is 8.95. The number of hydrogen-bond donors (Lipinski definition) is 1. The van der Waals surface area contributed by atoms with E-state index < -0.39 is 0 Å². The lowest BCUT2D eigenvalue weighted by molar-refractivity contribution is -0.116. The third-order valence-corrected chi connectivity index (χ3v) is 8.91. The lowest BCUT2D eigenvalue weighted by Gasteiger charge is -2.16. The van der Waals surface area contributed by atoms with Crippen molar-refractivity contribution in [2.45, 2.75) is 51.5 Å². The van der Waals surface area contributed by atoms with Crippen LogP contribution in [0.3, 0.4) is 0 Å². The molecule has 0 unspecified atom stereocenters. The number of nitriles is 1. The molecule has 0 fully saturated rings. The molecule has 4 aromatic rings. The average molecular weight is 487 g/mol. The quantitative estimate of drug-likeness (QED) is 0.437. The van der Waals surface area contributed by atoms with Crippen LogP contribution in [0.15, 0.2) is 34.7 Å². The Bertz CT molecular complexity index is 1550. The first-order valence-electron chi connectivity index (χ1n) is 11.6. The van der Waals surface area contributed by atoms with Crippen LogP contribution in [0.25, 0.3) is 21.3 Å². The van der Waals surface area contributed by atoms with E-state index in [0.29, 0.717) is 20.8 Å². The summed E-state index contributed by atoms with van der Waals surface area (Å²) >= 11 is 2.92. The maximum absolute atomic E-state index is 13.4. The van der Waals surface area contributed by atoms with Crippen LogP contribution in [0, 0.1) is 11.3 Å². The molecule has 1 amide bonds. The summed E-state index contributed by atoms with van der Waals surface area (Å²) in [7, 11) is 0. The number of nitrogens with one attached hydrogen (secondary N) is 1. The molecule has 2 aliphatic rings. The second-order valence-electron chi connectivity index (χ2n) is 8.92. The number of nitrogens with zero attached hydrogens (tertiary/aromatic N) is 3. The van der Waals surface area contributed by atoms with Gasteiger partial charge in [0.1, 0.15) is 22.4 Å². The van der Waals surface area contributed by atoms with Crippen LogP contribution < -0.4 is 10.9 Å². The molecule has 0 bridgehead atoms. The summed E-state index contributed by atoms with van der Waals surface area (Å²) in [4.78, 5) is 32.5. The molecular formula is C26H22N4O2S2. The summed E-state index contributed by atoms with van der Waals surface area (Å²) in [5.74, 6) is -0.328. The van der Waals surface area contributed by atoms with E-state index >= 15 is 0 Å². The number of thiophene rings is 2. The molecule has 6 nitrogen and oxygen atoms in total. The van der Waals surface area contributed by atoms with Crippen LogP contribution in [-0.2, 0) is 37.0 Å². The Hall–Kier alpha value is -3.28. The van der Waals surface area contributed by atoms with Crippen molar-refractivity contribution in [1.29, 1.82) is 5.26 Å². The number of amides is 1. The fourth-order valence-corrected chi connectivity index (χ4v) is 7.29. The Morgan fingerprint density at radius 1 is 1.15 bits per heavy atom. The molecule has 0 spiro atoms. The number of carbonyl (C=O) groups excluding carboxylic acids is 1. The zero-order chi connectivity index (χ0) is 23.2. The van der Waals surface area contributed by atoms with E-state index in [2.05, 4.69) is 34.6 Å². The minimum absolute atomic E-state index is 0.144. The highest BCUT2D eigenvalue weighted by atomic mass is 32.1. The topological polar surface area (TPSA) is 87.8 Å². The van der Waals surface area contributed by atoms with Gasteiger partial charge in [0.15, 0.2) is 0 Å². The van der Waals surface area contributed by atoms with Gasteiger partial charge in [0.25, 0.3) is 5.56 Å². The molecule has 1 aromatic carbocycles. The van der Waals surface area contributed by atoms with E-state index in [0.717, 1.165) is 48.8 Å². The van der Waals surface area contributed by atoms with Gasteiger partial charge in [0.05, 0.1) is 17.3 Å². The minimum Gasteiger partial charge on any atom is -0.315 e. The maximum atomic E-state index is 13.4. The largest absolute Gasteiger partial charge is 0.315 e. The monoisotopic (exact) mass is 486 g/mol. The van der Waals surface area contributed by atoms with Crippen molar-refractivity contribution in [2.75, 3.05) is 5.32 Å². The van der Waals surface area contributed by atoms with Gasteiger partial charge in [-0.2, -0.15) is 5.26 Å². The van der Waals surface area contributed by atoms with Crippen LogP contribution >= 0.6 is 22.7 Å². The Balaban J connectivity index is 1.31. The predicted molar refractivity (Wildman–Crippen MR) is 136 cm³/mol. The third-order valence-electron chi connectivity index (χ3n) is 6.82. The Kier molecular flexibility index (Phi) is 5.31. The van der Waals surface area contributed by atoms with Gasteiger partial charge in [0.2, 0.25) is 5.91 Å². The standard InChI is InChI=1S/C26H22N4O2S2/c27-11-19-18-6-3-7-21(18)34-24(19)29-22(31)12-30-14-28-25-23(26(30)32)20(13-33-25)17-9-8-15-4-1-2-5-16(15)10-17/h8-10,13-14H,1-7,12H2,(H,29,31). The second-order valence-corrected chi connectivity index (χ2v) is 10.9. The molecular weight excluding hydrogens is 464 g/mol. The molecule has 0 saturated heterocycles. The average Bonchev–Trinajstić information content (AvgIpc) is 3.55. The van der Waals surface area contributed by atoms with E-state index in [1.165, 1.54) is 62.4 Å². The first kappa shape index (κ1) is 21.3. The molecule has 0 radical (unpaired) electrons. The van der Waals surface area contributed by atoms with Gasteiger partial charge in [-0.05, 0) is 67.2 Å². The van der Waals surface area contributed by atoms with Crippen molar-refractivity contribution in [3.63, 3.8) is 0 Å². The van der Waals surface area contributed by atoms with Gasteiger partial charge in [-0.1, -0.05) is 18.2 Å². The molecule has 8 heteroatoms. The molecule has 170 valence electrons. The number of aryl methyl sites for hydroxylation is 3. The molecule has 0 atom stereocenters. The van der Waals surface area contributed by atoms with Crippen molar-refractivity contribution in [2.24, 2.45) is 0 Å². The molecule has 1 N–H and O–H groups in total. The van der Waals surface area contributed by atoms with Crippen LogP contribution in [0.2, 0.25) is 0 Å². The number of rotatable bonds is 4. The van der Waals surface area contributed by atoms with Crippen LogP contribution in [0.4, 0.5) is 5.00 Å². The van der Waals surface area contributed by atoms with Crippen LogP contribution in [0.5, 0.6) is 0 Å². The van der Waals surface area contributed by atoms with Gasteiger partial charge in [0, 0.05) is 15.8 Å². The zero-order valence-corrected chi connectivity index (χ0v) is 20.2. The maximum Gasteiger partial charge on any atom is 0.263 e. The molecule has 3 aromatic heterocycles. The van der Waals surface area contributed by atoms with Crippen molar-refractivity contribution >= 4 is 43.8 Å². The highest BCUT2D eigenvalue weighted by molar-refractivity contribution is 7.17. The lowest BCUT2D eigenvalue weighted by Crippen LogP contribution is -2.27. The number of benzene rings is 1. The molecule has 0 saturated carbocycles. The zero-order valence-electron chi connectivity index (χ0n) is 18.5. The highest BCUT2D eigenvalue weighted by Crippen LogP contribution is 2.38. The Morgan fingerprint density at radius 2 is 2.00 bits per heavy atom. The third kappa shape index (κ3) is 3.56. The number of anilines is 1. The van der Waals surface area contributed by atoms with Crippen molar-refractivity contribution < 1.29 is 4.79 Å². The minimum atomic E-state index is -0.328. The fraction of sp³-hybridized carbons (Fsp3) is 0.308. The first-order chi connectivity index (χ1) is 16.6. The number of fused-ring (bicyclic) bond motifs is 3. The van der Waals surface area contributed by atoms with Gasteiger partial charge in [-0.15, -0.1) is 22.7 Å². The summed E-state index contributed by atoms with van der Waals surface area (Å²) < 4.78 is 1.36. The van der Waals surface area contributed by atoms with Crippen LogP contribution in [-0.4, -0.2) is 15.5 Å². The summed E-state index contributed by atoms with van der Waals surface area (Å²) in [5.41, 5.74) is 6.08. The fourth-order valence-electron chi connectivity index (χ4n) is 5.13. The molecule has 0 aliphatic heterocycles. The number of carbonyl (C=O) groups is 1. The van der Waals surface area contributed by atoms with E-state index in [1.54, 1.807) is 0 Å². The van der Waals surface area contributed by atoms with Gasteiger partial charge in [-0.25, -0.2) is 4.98 Å². The van der Waals surface area contributed by atoms with Gasteiger partial charge < -0.3 is 5.32 Å². The van der Waals surface area contributed by atoms with E-state index in [1.807, 2.05) is 5.38 Å². The van der Waals surface area contributed by atoms with E-state index in [9.17, 15) is 14.9 Å². The summed E-state index contributed by atoms with van der Waals surface area (Å²) in [6, 6.07) is 8.72. The Morgan fingerprint density at radius 3 is 2.85 bits per heavy atom. The smallest absolute Gasteiger partial charge is 0.263 e. The normalized spacial score (nSPS) is 14.6. The molecule has 6 rings (SSSR count). The highest BCUT2D eigenvalue weighted by Gasteiger charge is 2.23. The second kappa shape index (κ2) is 8.49. The predicted octanol–water partition coefficient (Wildman–Crippen LogP) is 5.06. The lowest BCUT2D eigenvalue weighted by atomic mass is 9.89. The van der Waals surface area contributed by atoms with Crippen LogP contribution in [0.1, 0.15) is 46.4 Å². The van der Waals surface area contributed by atoms with Crippen molar-refractivity contribution in [3.05, 3.63) is 67.4 Å². The first-order valence-corrected chi connectivity index (χ1v) is 13.3. The van der Waals surface area contributed by atoms with Crippen molar-refractivity contribution in [1.82, 2.24) is 9.55 Å². The summed E-state index contributed by atoms with van der Waals surface area (Å²) in [5, 5.41) is 15.6. The molecule has 3 heterocycles. The number of aromatic nitrogens is 2. The van der Waals surface area contributed by atoms with Crippen molar-refractivity contribution in [3.8, 4) is 17.2 Å². The molecule has 34 heavy (non-hydrogen) atoms. The van der Waals surface area contributed by atoms with Gasteiger partial charge >= 0.3 is 0 Å². The molecule has 2 aliphatic carbocycles. The summed E-state index contributed by atoms with van der Waals surface area (Å²) in [6.45, 7) is -0.144. The Labute approximate surface area is 204 Å². The van der Waals surface area contributed by atoms with E-state index in [4.69, 9.17) is 0 Å².